The summed E-state index contributed by atoms with van der Waals surface area (Å²) < 4.78 is 5.57. The molecule has 0 aliphatic carbocycles. The van der Waals surface area contributed by atoms with E-state index in [1.165, 1.54) is 18.5 Å². The van der Waals surface area contributed by atoms with Crippen LogP contribution in [0.2, 0.25) is 0 Å². The van der Waals surface area contributed by atoms with E-state index in [1.54, 1.807) is 0 Å². The number of rotatable bonds is 8. The van der Waals surface area contributed by atoms with Crippen molar-refractivity contribution in [2.45, 2.75) is 26.2 Å². The zero-order chi connectivity index (χ0) is 17.3. The van der Waals surface area contributed by atoms with E-state index in [9.17, 15) is 0 Å². The van der Waals surface area contributed by atoms with Gasteiger partial charge in [0.05, 0.1) is 5.71 Å². The van der Waals surface area contributed by atoms with E-state index >= 15 is 0 Å². The Balaban J connectivity index is 1.49. The molecule has 1 aliphatic rings. The van der Waals surface area contributed by atoms with Gasteiger partial charge in [-0.1, -0.05) is 36.3 Å². The van der Waals surface area contributed by atoms with E-state index in [1.807, 2.05) is 24.3 Å². The van der Waals surface area contributed by atoms with Crippen molar-refractivity contribution in [2.24, 2.45) is 5.16 Å². The van der Waals surface area contributed by atoms with Crippen LogP contribution in [0.25, 0.3) is 0 Å². The maximum absolute atomic E-state index is 5.57. The van der Waals surface area contributed by atoms with Crippen molar-refractivity contribution in [3.8, 4) is 5.75 Å². The number of anilines is 1. The van der Waals surface area contributed by atoms with Crippen molar-refractivity contribution < 1.29 is 9.57 Å². The van der Waals surface area contributed by atoms with E-state index < -0.39 is 0 Å². The van der Waals surface area contributed by atoms with Crippen LogP contribution in [0.4, 0.5) is 5.69 Å². The summed E-state index contributed by atoms with van der Waals surface area (Å²) in [6.45, 7) is 5.30. The molecule has 4 heteroatoms. The van der Waals surface area contributed by atoms with Crippen LogP contribution in [0, 0.1) is 6.07 Å². The molecule has 3 rings (SSSR count). The highest BCUT2D eigenvalue weighted by Gasteiger charge is 2.12. The smallest absolute Gasteiger partial charge is 0.151 e. The summed E-state index contributed by atoms with van der Waals surface area (Å²) in [5.74, 6) is 0.795. The molecule has 4 nitrogen and oxygen atoms in total. The van der Waals surface area contributed by atoms with Crippen LogP contribution in [-0.4, -0.2) is 32.0 Å². The summed E-state index contributed by atoms with van der Waals surface area (Å²) in [7, 11) is 0. The molecule has 0 N–H and O–H groups in total. The zero-order valence-corrected chi connectivity index (χ0v) is 14.8. The summed E-state index contributed by atoms with van der Waals surface area (Å²) >= 11 is 0. The molecule has 1 radical (unpaired) electrons. The Labute approximate surface area is 150 Å². The Morgan fingerprint density at radius 3 is 2.60 bits per heavy atom. The number of ether oxygens (including phenoxy) is 1. The predicted octanol–water partition coefficient (Wildman–Crippen LogP) is 4.30. The van der Waals surface area contributed by atoms with Gasteiger partial charge in [-0.2, -0.15) is 0 Å². The van der Waals surface area contributed by atoms with Crippen LogP contribution in [0.5, 0.6) is 5.75 Å². The molecule has 1 fully saturated rings. The van der Waals surface area contributed by atoms with Crippen molar-refractivity contribution >= 4 is 11.4 Å². The first kappa shape index (κ1) is 17.3. The van der Waals surface area contributed by atoms with Gasteiger partial charge in [0.25, 0.3) is 0 Å². The standard InChI is InChI=1S/C21H25N2O2/c1-2-21(22-25-17-16-24-20-8-4-3-5-9-20)18-10-12-19(13-11-18)23-14-6-7-15-23/h3-4,8-13H,2,6-7,14-17H2,1H3. The van der Waals surface area contributed by atoms with Crippen LogP contribution in [0.3, 0.4) is 0 Å². The first-order valence-electron chi connectivity index (χ1n) is 9.00. The Morgan fingerprint density at radius 1 is 1.12 bits per heavy atom. The van der Waals surface area contributed by atoms with Crippen molar-refractivity contribution in [1.29, 1.82) is 0 Å². The fraction of sp³-hybridized carbons (Fsp3) is 0.381. The lowest BCUT2D eigenvalue weighted by Gasteiger charge is -2.17. The van der Waals surface area contributed by atoms with Gasteiger partial charge in [0.15, 0.2) is 6.61 Å². The molecule has 0 spiro atoms. The van der Waals surface area contributed by atoms with Crippen molar-refractivity contribution in [1.82, 2.24) is 0 Å². The molecule has 0 bridgehead atoms. The summed E-state index contributed by atoms with van der Waals surface area (Å²) in [4.78, 5) is 7.87. The van der Waals surface area contributed by atoms with E-state index in [2.05, 4.69) is 47.3 Å². The van der Waals surface area contributed by atoms with Crippen LogP contribution in [0.15, 0.2) is 53.7 Å². The lowest BCUT2D eigenvalue weighted by atomic mass is 10.1. The summed E-state index contributed by atoms with van der Waals surface area (Å²) in [6, 6.07) is 19.1. The minimum absolute atomic E-state index is 0.421. The minimum Gasteiger partial charge on any atom is -0.490 e. The maximum Gasteiger partial charge on any atom is 0.151 e. The lowest BCUT2D eigenvalue weighted by molar-refractivity contribution is 0.107. The molecule has 2 aromatic rings. The highest BCUT2D eigenvalue weighted by atomic mass is 16.6. The first-order valence-corrected chi connectivity index (χ1v) is 9.00. The Morgan fingerprint density at radius 2 is 1.92 bits per heavy atom. The minimum atomic E-state index is 0.421. The third-order valence-corrected chi connectivity index (χ3v) is 4.30. The van der Waals surface area contributed by atoms with E-state index in [0.29, 0.717) is 13.2 Å². The Kier molecular flexibility index (Phi) is 6.32. The molecular formula is C21H25N2O2. The normalized spacial score (nSPS) is 14.6. The molecule has 1 heterocycles. The van der Waals surface area contributed by atoms with Crippen molar-refractivity contribution in [3.05, 3.63) is 60.2 Å². The average Bonchev–Trinajstić information content (AvgIpc) is 3.21. The second-order valence-corrected chi connectivity index (χ2v) is 6.05. The number of hydrogen-bond donors (Lipinski definition) is 0. The monoisotopic (exact) mass is 337 g/mol. The maximum atomic E-state index is 5.57. The van der Waals surface area contributed by atoms with Crippen LogP contribution in [-0.2, 0) is 4.84 Å². The van der Waals surface area contributed by atoms with Gasteiger partial charge >= 0.3 is 0 Å². The van der Waals surface area contributed by atoms with Gasteiger partial charge in [-0.3, -0.25) is 0 Å². The quantitative estimate of drug-likeness (QED) is 0.409. The van der Waals surface area contributed by atoms with Crippen molar-refractivity contribution in [2.75, 3.05) is 31.2 Å². The molecule has 0 saturated carbocycles. The Bertz CT molecular complexity index is 662. The predicted molar refractivity (Wildman–Crippen MR) is 101 cm³/mol. The van der Waals surface area contributed by atoms with Gasteiger partial charge in [-0.15, -0.1) is 0 Å². The molecule has 1 aliphatic heterocycles. The van der Waals surface area contributed by atoms with Gasteiger partial charge < -0.3 is 14.5 Å². The van der Waals surface area contributed by atoms with E-state index in [0.717, 1.165) is 36.5 Å². The highest BCUT2D eigenvalue weighted by Crippen LogP contribution is 2.21. The summed E-state index contributed by atoms with van der Waals surface area (Å²) in [5, 5.41) is 4.29. The third kappa shape index (κ3) is 4.99. The van der Waals surface area contributed by atoms with Gasteiger partial charge in [-0.05, 0) is 55.2 Å². The van der Waals surface area contributed by atoms with Crippen LogP contribution >= 0.6 is 0 Å². The van der Waals surface area contributed by atoms with Crippen LogP contribution < -0.4 is 9.64 Å². The number of oxime groups is 1. The molecule has 0 unspecified atom stereocenters. The first-order chi connectivity index (χ1) is 12.4. The van der Waals surface area contributed by atoms with Crippen molar-refractivity contribution in [3.63, 3.8) is 0 Å². The molecule has 0 atom stereocenters. The topological polar surface area (TPSA) is 34.1 Å². The largest absolute Gasteiger partial charge is 0.490 e. The lowest BCUT2D eigenvalue weighted by Crippen LogP contribution is -2.17. The molecule has 25 heavy (non-hydrogen) atoms. The van der Waals surface area contributed by atoms with Gasteiger partial charge in [0, 0.05) is 18.8 Å². The molecule has 0 amide bonds. The van der Waals surface area contributed by atoms with E-state index in [4.69, 9.17) is 9.57 Å². The highest BCUT2D eigenvalue weighted by molar-refractivity contribution is 6.00. The number of benzene rings is 2. The van der Waals surface area contributed by atoms with Gasteiger partial charge in [-0.25, -0.2) is 0 Å². The van der Waals surface area contributed by atoms with Gasteiger partial charge in [0.2, 0.25) is 0 Å². The Hall–Kier alpha value is -2.49. The van der Waals surface area contributed by atoms with Crippen LogP contribution in [0.1, 0.15) is 31.7 Å². The average molecular weight is 337 g/mol. The molecular weight excluding hydrogens is 312 g/mol. The number of nitrogens with zero attached hydrogens (tertiary/aromatic N) is 2. The molecule has 0 aromatic heterocycles. The summed E-state index contributed by atoms with van der Waals surface area (Å²) in [5.41, 5.74) is 3.37. The van der Waals surface area contributed by atoms with E-state index in [-0.39, 0.29) is 0 Å². The second kappa shape index (κ2) is 9.11. The summed E-state index contributed by atoms with van der Waals surface area (Å²) in [6.07, 6.45) is 3.41. The fourth-order valence-electron chi connectivity index (χ4n) is 2.95. The fourth-order valence-corrected chi connectivity index (χ4v) is 2.95. The molecule has 131 valence electrons. The SMILES string of the molecule is CCC(=NOCCOc1c[c]ccc1)c1ccc(N2CCCC2)cc1. The van der Waals surface area contributed by atoms with Gasteiger partial charge in [0.1, 0.15) is 12.4 Å². The number of hydrogen-bond acceptors (Lipinski definition) is 4. The molecule has 2 aromatic carbocycles. The second-order valence-electron chi connectivity index (χ2n) is 6.05. The molecule has 1 saturated heterocycles. The third-order valence-electron chi connectivity index (χ3n) is 4.30. The zero-order valence-electron chi connectivity index (χ0n) is 14.8.